The van der Waals surface area contributed by atoms with Gasteiger partial charge in [0.1, 0.15) is 12.6 Å². The van der Waals surface area contributed by atoms with Crippen molar-refractivity contribution < 1.29 is 47.5 Å². The van der Waals surface area contributed by atoms with Gasteiger partial charge in [-0.25, -0.2) is 4.57 Å². The highest BCUT2D eigenvalue weighted by Gasteiger charge is 2.27. The average Bonchev–Trinajstić information content (AvgIpc) is 2.59. The van der Waals surface area contributed by atoms with Crippen molar-refractivity contribution in [3.05, 3.63) is 0 Å². The number of hydrogen-bond acceptors (Lipinski definition) is 9. The predicted molar refractivity (Wildman–Crippen MR) is 88.0 cm³/mol. The van der Waals surface area contributed by atoms with Crippen molar-refractivity contribution in [2.24, 2.45) is 5.73 Å². The normalized spacial score (nSPS) is 15.5. The second-order valence-corrected chi connectivity index (χ2v) is 6.71. The summed E-state index contributed by atoms with van der Waals surface area (Å²) in [5, 5.41) is 8.59. The number of hydrogen-bond donors (Lipinski definition) is 3. The quantitative estimate of drug-likeness (QED) is 0.276. The minimum atomic E-state index is -4.63. The first-order chi connectivity index (χ1) is 12.1. The summed E-state index contributed by atoms with van der Waals surface area (Å²) in [7, 11) is -4.63. The average molecular weight is 399 g/mol. The number of carboxylic acid groups (broad SMARTS) is 1. The number of carbonyl (C=O) groups excluding carboxylic acids is 2. The van der Waals surface area contributed by atoms with Gasteiger partial charge >= 0.3 is 25.7 Å². The number of unbranched alkanes of at least 4 members (excludes halogenated alkanes) is 1. The zero-order valence-corrected chi connectivity index (χ0v) is 15.7. The van der Waals surface area contributed by atoms with Gasteiger partial charge in [0.2, 0.25) is 0 Å². The Morgan fingerprint density at radius 1 is 1.08 bits per heavy atom. The van der Waals surface area contributed by atoms with Crippen molar-refractivity contribution in [1.29, 1.82) is 0 Å². The van der Waals surface area contributed by atoms with E-state index in [9.17, 15) is 23.8 Å². The third-order valence-electron chi connectivity index (χ3n) is 2.91. The maximum Gasteiger partial charge on any atom is 0.472 e. The van der Waals surface area contributed by atoms with E-state index in [-0.39, 0.29) is 19.4 Å². The Kier molecular flexibility index (Phi) is 12.0. The molecule has 0 rings (SSSR count). The Labute approximate surface area is 151 Å². The summed E-state index contributed by atoms with van der Waals surface area (Å²) >= 11 is 0. The van der Waals surface area contributed by atoms with Crippen molar-refractivity contribution >= 4 is 25.7 Å². The lowest BCUT2D eigenvalue weighted by Gasteiger charge is -2.20. The van der Waals surface area contributed by atoms with E-state index in [1.807, 2.05) is 6.92 Å². The number of ether oxygens (including phenoxy) is 2. The highest BCUT2D eigenvalue weighted by Crippen LogP contribution is 2.43. The van der Waals surface area contributed by atoms with E-state index in [0.29, 0.717) is 6.42 Å². The van der Waals surface area contributed by atoms with Gasteiger partial charge in [0.15, 0.2) is 6.10 Å². The van der Waals surface area contributed by atoms with Crippen LogP contribution in [0.5, 0.6) is 0 Å². The van der Waals surface area contributed by atoms with Gasteiger partial charge < -0.3 is 25.2 Å². The molecule has 0 aliphatic heterocycles. The largest absolute Gasteiger partial charge is 0.480 e. The molecule has 0 bridgehead atoms. The summed E-state index contributed by atoms with van der Waals surface area (Å²) in [6.45, 7) is 1.75. The lowest BCUT2D eigenvalue weighted by molar-refractivity contribution is -0.161. The van der Waals surface area contributed by atoms with Gasteiger partial charge in [-0.05, 0) is 6.42 Å². The van der Waals surface area contributed by atoms with Crippen LogP contribution in [-0.2, 0) is 37.5 Å². The highest BCUT2D eigenvalue weighted by molar-refractivity contribution is 7.47. The van der Waals surface area contributed by atoms with Crippen LogP contribution in [0.1, 0.15) is 39.5 Å². The fourth-order valence-corrected chi connectivity index (χ4v) is 2.21. The van der Waals surface area contributed by atoms with Gasteiger partial charge in [-0.1, -0.05) is 20.3 Å². The Morgan fingerprint density at radius 3 is 2.23 bits per heavy atom. The van der Waals surface area contributed by atoms with Gasteiger partial charge in [0, 0.05) is 12.8 Å². The molecule has 4 N–H and O–H groups in total. The molecule has 0 amide bonds. The maximum absolute atomic E-state index is 11.7. The molecule has 12 heteroatoms. The summed E-state index contributed by atoms with van der Waals surface area (Å²) in [5.41, 5.74) is 5.15. The summed E-state index contributed by atoms with van der Waals surface area (Å²) in [6, 6.07) is -1.51. The maximum atomic E-state index is 11.7. The van der Waals surface area contributed by atoms with Crippen LogP contribution in [0.25, 0.3) is 0 Å². The van der Waals surface area contributed by atoms with Crippen LogP contribution < -0.4 is 5.73 Å². The topological polar surface area (TPSA) is 172 Å². The van der Waals surface area contributed by atoms with Crippen LogP contribution in [0.4, 0.5) is 0 Å². The molecule has 0 aromatic rings. The molecule has 0 fully saturated rings. The van der Waals surface area contributed by atoms with Crippen LogP contribution in [0.2, 0.25) is 0 Å². The number of aliphatic carboxylic acids is 1. The molecular formula is C14H26NO10P. The second-order valence-electron chi connectivity index (χ2n) is 5.26. The summed E-state index contributed by atoms with van der Waals surface area (Å²) < 4.78 is 30.7. The molecule has 3 unspecified atom stereocenters. The molecule has 0 saturated heterocycles. The summed E-state index contributed by atoms with van der Waals surface area (Å²) in [4.78, 5) is 42.9. The molecule has 0 aromatic heterocycles. The van der Waals surface area contributed by atoms with Crippen molar-refractivity contribution in [2.75, 3.05) is 19.8 Å². The molecule has 0 saturated carbocycles. The number of phosphoric acid groups is 1. The first kappa shape index (κ1) is 24.5. The summed E-state index contributed by atoms with van der Waals surface area (Å²) in [5.74, 6) is -2.54. The van der Waals surface area contributed by atoms with Crippen molar-refractivity contribution in [3.8, 4) is 0 Å². The number of rotatable bonds is 14. The molecule has 152 valence electrons. The molecule has 0 radical (unpaired) electrons. The number of nitrogens with two attached hydrogens (primary N) is 1. The lowest BCUT2D eigenvalue weighted by atomic mass is 10.2. The van der Waals surface area contributed by atoms with Crippen LogP contribution >= 0.6 is 7.82 Å². The third kappa shape index (κ3) is 11.9. The van der Waals surface area contributed by atoms with Crippen molar-refractivity contribution in [2.45, 2.75) is 51.7 Å². The van der Waals surface area contributed by atoms with Gasteiger partial charge in [-0.15, -0.1) is 0 Å². The lowest BCUT2D eigenvalue weighted by Crippen LogP contribution is -2.34. The smallest absolute Gasteiger partial charge is 0.472 e. The van der Waals surface area contributed by atoms with Gasteiger partial charge in [-0.3, -0.25) is 23.4 Å². The highest BCUT2D eigenvalue weighted by atomic mass is 31.2. The summed E-state index contributed by atoms with van der Waals surface area (Å²) in [6.07, 6.45) is 0.481. The second kappa shape index (κ2) is 12.8. The van der Waals surface area contributed by atoms with E-state index in [1.54, 1.807) is 6.92 Å². The molecule has 0 heterocycles. The third-order valence-corrected chi connectivity index (χ3v) is 3.86. The molecule has 0 aliphatic carbocycles. The minimum Gasteiger partial charge on any atom is -0.480 e. The number of esters is 2. The van der Waals surface area contributed by atoms with Gasteiger partial charge in [-0.2, -0.15) is 0 Å². The number of carboxylic acids is 1. The van der Waals surface area contributed by atoms with E-state index in [0.717, 1.165) is 6.42 Å². The van der Waals surface area contributed by atoms with E-state index in [1.165, 1.54) is 0 Å². The molecule has 3 atom stereocenters. The van der Waals surface area contributed by atoms with E-state index in [4.69, 9.17) is 20.3 Å². The Hall–Kier alpha value is -1.52. The first-order valence-electron chi connectivity index (χ1n) is 8.06. The van der Waals surface area contributed by atoms with Gasteiger partial charge in [0.05, 0.1) is 13.2 Å². The van der Waals surface area contributed by atoms with E-state index >= 15 is 0 Å². The van der Waals surface area contributed by atoms with Crippen LogP contribution in [0.15, 0.2) is 0 Å². The van der Waals surface area contributed by atoms with Crippen molar-refractivity contribution in [3.63, 3.8) is 0 Å². The van der Waals surface area contributed by atoms with Crippen LogP contribution in [0.3, 0.4) is 0 Å². The van der Waals surface area contributed by atoms with Crippen molar-refractivity contribution in [1.82, 2.24) is 0 Å². The first-order valence-corrected chi connectivity index (χ1v) is 9.56. The fraction of sp³-hybridized carbons (Fsp3) is 0.786. The zero-order valence-electron chi connectivity index (χ0n) is 14.8. The standard InChI is InChI=1S/C14H26NO10P/c1-3-5-6-13(17)25-10(7-22-12(16)4-2)8-23-26(20,21)24-9-11(15)14(18)19/h10-11H,3-9,15H2,1-2H3,(H,18,19)(H,20,21). The Balaban J connectivity index is 4.62. The molecule has 0 spiro atoms. The Bertz CT molecular complexity index is 512. The molecular weight excluding hydrogens is 373 g/mol. The van der Waals surface area contributed by atoms with E-state index in [2.05, 4.69) is 9.05 Å². The van der Waals surface area contributed by atoms with Crippen LogP contribution in [0, 0.1) is 0 Å². The molecule has 26 heavy (non-hydrogen) atoms. The number of carbonyl (C=O) groups is 3. The molecule has 0 aromatic carbocycles. The zero-order chi connectivity index (χ0) is 20.2. The number of phosphoric ester groups is 1. The molecule has 11 nitrogen and oxygen atoms in total. The van der Waals surface area contributed by atoms with Gasteiger partial charge in [0.25, 0.3) is 0 Å². The SMILES string of the molecule is CCCCC(=O)OC(COC(=O)CC)COP(=O)(O)OCC(N)C(=O)O. The Morgan fingerprint density at radius 2 is 1.69 bits per heavy atom. The van der Waals surface area contributed by atoms with Crippen LogP contribution in [-0.4, -0.2) is 59.9 Å². The monoisotopic (exact) mass is 399 g/mol. The van der Waals surface area contributed by atoms with E-state index < -0.39 is 51.1 Å². The molecule has 0 aliphatic rings. The predicted octanol–water partition coefficient (Wildman–Crippen LogP) is 0.587. The minimum absolute atomic E-state index is 0.103. The fourth-order valence-electron chi connectivity index (χ4n) is 1.43.